The maximum absolute atomic E-state index is 9.56. The zero-order valence-electron chi connectivity index (χ0n) is 10.8. The van der Waals surface area contributed by atoms with Crippen LogP contribution in [0.2, 0.25) is 0 Å². The van der Waals surface area contributed by atoms with Gasteiger partial charge in [0, 0.05) is 32.1 Å². The Kier molecular flexibility index (Phi) is 3.07. The minimum Gasteiger partial charge on any atom is -0.393 e. The van der Waals surface area contributed by atoms with E-state index < -0.39 is 0 Å². The lowest BCUT2D eigenvalue weighted by atomic mass is 10.1. The zero-order chi connectivity index (χ0) is 12.5. The summed E-state index contributed by atoms with van der Waals surface area (Å²) >= 11 is 0. The molecule has 2 aliphatic rings. The largest absolute Gasteiger partial charge is 0.393 e. The first kappa shape index (κ1) is 11.7. The number of rotatable bonds is 3. The average Bonchev–Trinajstić information content (AvgIpc) is 3.23. The fourth-order valence-electron chi connectivity index (χ4n) is 2.36. The fraction of sp³-hybridized carbons (Fsp3) is 0.692. The zero-order valence-corrected chi connectivity index (χ0v) is 10.8. The van der Waals surface area contributed by atoms with Crippen molar-refractivity contribution in [1.29, 1.82) is 0 Å². The monoisotopic (exact) mass is 248 g/mol. The molecule has 1 saturated heterocycles. The summed E-state index contributed by atoms with van der Waals surface area (Å²) in [5.74, 6) is 3.44. The van der Waals surface area contributed by atoms with Gasteiger partial charge < -0.3 is 15.3 Å². The molecule has 2 heterocycles. The van der Waals surface area contributed by atoms with Crippen molar-refractivity contribution < 1.29 is 5.11 Å². The molecular weight excluding hydrogens is 228 g/mol. The minimum atomic E-state index is -0.144. The number of aliphatic hydroxyl groups is 1. The second kappa shape index (κ2) is 4.72. The predicted octanol–water partition coefficient (Wildman–Crippen LogP) is 1.36. The highest BCUT2D eigenvalue weighted by Crippen LogP contribution is 2.39. The third kappa shape index (κ3) is 2.41. The van der Waals surface area contributed by atoms with Gasteiger partial charge in [-0.15, -0.1) is 0 Å². The Bertz CT molecular complexity index is 425. The van der Waals surface area contributed by atoms with Crippen LogP contribution >= 0.6 is 0 Å². The molecule has 1 aliphatic heterocycles. The van der Waals surface area contributed by atoms with Crippen molar-refractivity contribution in [1.82, 2.24) is 9.97 Å². The van der Waals surface area contributed by atoms with Gasteiger partial charge in [0.15, 0.2) is 0 Å². The highest BCUT2D eigenvalue weighted by atomic mass is 16.3. The first-order valence-corrected chi connectivity index (χ1v) is 6.76. The highest BCUT2D eigenvalue weighted by Gasteiger charge is 2.28. The van der Waals surface area contributed by atoms with Crippen LogP contribution < -0.4 is 10.2 Å². The Morgan fingerprint density at radius 3 is 2.56 bits per heavy atom. The molecule has 1 aliphatic carbocycles. The van der Waals surface area contributed by atoms with E-state index in [0.29, 0.717) is 5.92 Å². The van der Waals surface area contributed by atoms with Crippen LogP contribution in [0.25, 0.3) is 0 Å². The van der Waals surface area contributed by atoms with Crippen molar-refractivity contribution in [3.63, 3.8) is 0 Å². The molecule has 0 unspecified atom stereocenters. The van der Waals surface area contributed by atoms with Crippen molar-refractivity contribution in [2.75, 3.05) is 30.4 Å². The van der Waals surface area contributed by atoms with E-state index in [1.54, 1.807) is 0 Å². The van der Waals surface area contributed by atoms with Crippen molar-refractivity contribution in [2.24, 2.45) is 0 Å². The van der Waals surface area contributed by atoms with Gasteiger partial charge in [-0.2, -0.15) is 0 Å². The summed E-state index contributed by atoms with van der Waals surface area (Å²) in [6, 6.07) is 2.00. The van der Waals surface area contributed by atoms with E-state index in [2.05, 4.69) is 20.2 Å². The molecule has 0 aromatic carbocycles. The molecular formula is C13H20N4O. The molecule has 18 heavy (non-hydrogen) atoms. The SMILES string of the molecule is CNc1cc(N2CCC(O)CC2)nc(C2CC2)n1. The highest BCUT2D eigenvalue weighted by molar-refractivity contribution is 5.50. The van der Waals surface area contributed by atoms with Gasteiger partial charge in [0.05, 0.1) is 6.10 Å². The molecule has 1 saturated carbocycles. The molecule has 2 N–H and O–H groups in total. The molecule has 0 atom stereocenters. The summed E-state index contributed by atoms with van der Waals surface area (Å²) in [7, 11) is 1.89. The summed E-state index contributed by atoms with van der Waals surface area (Å²) < 4.78 is 0. The molecule has 0 radical (unpaired) electrons. The summed E-state index contributed by atoms with van der Waals surface area (Å²) in [6.07, 6.45) is 3.95. The quantitative estimate of drug-likeness (QED) is 0.845. The van der Waals surface area contributed by atoms with Crippen molar-refractivity contribution >= 4 is 11.6 Å². The predicted molar refractivity (Wildman–Crippen MR) is 71.0 cm³/mol. The van der Waals surface area contributed by atoms with Crippen LogP contribution in [0, 0.1) is 0 Å². The standard InChI is InChI=1S/C13H20N4O/c1-14-11-8-12(16-13(15-11)9-2-3-9)17-6-4-10(18)5-7-17/h8-10,18H,2-7H2,1H3,(H,14,15,16). The Morgan fingerprint density at radius 2 is 1.94 bits per heavy atom. The van der Waals surface area contributed by atoms with Gasteiger partial charge in [0.1, 0.15) is 17.5 Å². The van der Waals surface area contributed by atoms with E-state index in [4.69, 9.17) is 0 Å². The van der Waals surface area contributed by atoms with Gasteiger partial charge in [0.2, 0.25) is 0 Å². The van der Waals surface area contributed by atoms with Crippen LogP contribution in [0.4, 0.5) is 11.6 Å². The molecule has 1 aromatic rings. The molecule has 0 spiro atoms. The topological polar surface area (TPSA) is 61.3 Å². The second-order valence-corrected chi connectivity index (χ2v) is 5.21. The maximum Gasteiger partial charge on any atom is 0.136 e. The van der Waals surface area contributed by atoms with Crippen LogP contribution in [-0.4, -0.2) is 41.3 Å². The third-order valence-electron chi connectivity index (χ3n) is 3.72. The first-order valence-electron chi connectivity index (χ1n) is 6.76. The van der Waals surface area contributed by atoms with Crippen LogP contribution in [-0.2, 0) is 0 Å². The number of aromatic nitrogens is 2. The minimum absolute atomic E-state index is 0.144. The molecule has 1 aromatic heterocycles. The Balaban J connectivity index is 1.83. The average molecular weight is 248 g/mol. The van der Waals surface area contributed by atoms with Gasteiger partial charge in [0.25, 0.3) is 0 Å². The van der Waals surface area contributed by atoms with E-state index in [0.717, 1.165) is 43.4 Å². The number of nitrogens with zero attached hydrogens (tertiary/aromatic N) is 3. The lowest BCUT2D eigenvalue weighted by Crippen LogP contribution is -2.36. The molecule has 3 rings (SSSR count). The van der Waals surface area contributed by atoms with E-state index in [-0.39, 0.29) is 6.10 Å². The summed E-state index contributed by atoms with van der Waals surface area (Å²) in [6.45, 7) is 1.76. The van der Waals surface area contributed by atoms with Gasteiger partial charge in [-0.1, -0.05) is 0 Å². The summed E-state index contributed by atoms with van der Waals surface area (Å²) in [4.78, 5) is 11.5. The first-order chi connectivity index (χ1) is 8.76. The van der Waals surface area contributed by atoms with Gasteiger partial charge >= 0.3 is 0 Å². The van der Waals surface area contributed by atoms with Crippen LogP contribution in [0.1, 0.15) is 37.4 Å². The van der Waals surface area contributed by atoms with E-state index in [9.17, 15) is 5.11 Å². The van der Waals surface area contributed by atoms with Gasteiger partial charge in [-0.3, -0.25) is 0 Å². The Morgan fingerprint density at radius 1 is 1.22 bits per heavy atom. The Labute approximate surface area is 107 Å². The molecule has 98 valence electrons. The number of nitrogens with one attached hydrogen (secondary N) is 1. The van der Waals surface area contributed by atoms with E-state index in [1.807, 2.05) is 13.1 Å². The lowest BCUT2D eigenvalue weighted by molar-refractivity contribution is 0.145. The van der Waals surface area contributed by atoms with Crippen molar-refractivity contribution in [2.45, 2.75) is 37.7 Å². The number of hydrogen-bond acceptors (Lipinski definition) is 5. The molecule has 5 heteroatoms. The van der Waals surface area contributed by atoms with Crippen molar-refractivity contribution in [3.05, 3.63) is 11.9 Å². The third-order valence-corrected chi connectivity index (χ3v) is 3.72. The lowest BCUT2D eigenvalue weighted by Gasteiger charge is -2.30. The number of hydrogen-bond donors (Lipinski definition) is 2. The van der Waals surface area contributed by atoms with Crippen LogP contribution in [0.3, 0.4) is 0 Å². The van der Waals surface area contributed by atoms with Crippen molar-refractivity contribution in [3.8, 4) is 0 Å². The Hall–Kier alpha value is -1.36. The normalized spacial score (nSPS) is 21.1. The van der Waals surface area contributed by atoms with Gasteiger partial charge in [-0.05, 0) is 25.7 Å². The molecule has 0 amide bonds. The molecule has 0 bridgehead atoms. The maximum atomic E-state index is 9.56. The summed E-state index contributed by atoms with van der Waals surface area (Å²) in [5.41, 5.74) is 0. The smallest absolute Gasteiger partial charge is 0.136 e. The number of piperidine rings is 1. The van der Waals surface area contributed by atoms with E-state index in [1.165, 1.54) is 12.8 Å². The summed E-state index contributed by atoms with van der Waals surface area (Å²) in [5, 5.41) is 12.7. The number of anilines is 2. The fourth-order valence-corrected chi connectivity index (χ4v) is 2.36. The molecule has 5 nitrogen and oxygen atoms in total. The van der Waals surface area contributed by atoms with Crippen LogP contribution in [0.5, 0.6) is 0 Å². The van der Waals surface area contributed by atoms with Crippen LogP contribution in [0.15, 0.2) is 6.07 Å². The van der Waals surface area contributed by atoms with E-state index >= 15 is 0 Å². The second-order valence-electron chi connectivity index (χ2n) is 5.21. The molecule has 2 fully saturated rings. The number of aliphatic hydroxyl groups excluding tert-OH is 1. The van der Waals surface area contributed by atoms with Gasteiger partial charge in [-0.25, -0.2) is 9.97 Å².